The van der Waals surface area contributed by atoms with E-state index in [0.717, 1.165) is 6.42 Å². The monoisotopic (exact) mass is 320 g/mol. The third-order valence-corrected chi connectivity index (χ3v) is 5.51. The molecule has 120 valence electrons. The molecule has 0 N–H and O–H groups in total. The van der Waals surface area contributed by atoms with Crippen molar-refractivity contribution in [2.24, 2.45) is 0 Å². The Morgan fingerprint density at radius 1 is 0.640 bits per heavy atom. The third-order valence-electron chi connectivity index (χ3n) is 5.51. The normalized spacial score (nSPS) is 13.3. The average Bonchev–Trinajstić information content (AvgIpc) is 3.04. The average molecular weight is 320 g/mol. The molecule has 0 atom stereocenters. The molecular weight excluding hydrogens is 300 g/mol. The number of allylic oxidation sites excluding steroid dienone is 1. The zero-order chi connectivity index (χ0) is 17.0. The number of hydrogen-bond acceptors (Lipinski definition) is 0. The van der Waals surface area contributed by atoms with Gasteiger partial charge in [0.15, 0.2) is 0 Å². The van der Waals surface area contributed by atoms with E-state index in [2.05, 4.69) is 86.7 Å². The van der Waals surface area contributed by atoms with Gasteiger partial charge < -0.3 is 0 Å². The molecule has 0 amide bonds. The molecule has 0 heteroatoms. The number of fused-ring (bicyclic) bond motifs is 4. The summed E-state index contributed by atoms with van der Waals surface area (Å²) in [6.07, 6.45) is 3.46. The first-order chi connectivity index (χ1) is 12.2. The van der Waals surface area contributed by atoms with E-state index in [9.17, 15) is 0 Å². The van der Waals surface area contributed by atoms with Gasteiger partial charge in [-0.2, -0.15) is 0 Å². The van der Waals surface area contributed by atoms with Crippen LogP contribution in [0.2, 0.25) is 0 Å². The van der Waals surface area contributed by atoms with Crippen LogP contribution >= 0.6 is 0 Å². The predicted molar refractivity (Wildman–Crippen MR) is 109 cm³/mol. The molecule has 1 aliphatic rings. The Hall–Kier alpha value is -2.86. The number of aryl methyl sites for hydroxylation is 1. The van der Waals surface area contributed by atoms with Crippen LogP contribution in [0, 0.1) is 6.92 Å². The van der Waals surface area contributed by atoms with E-state index >= 15 is 0 Å². The molecule has 0 saturated carbocycles. The lowest BCUT2D eigenvalue weighted by Crippen LogP contribution is -1.92. The van der Waals surface area contributed by atoms with Crippen LogP contribution in [-0.2, 0) is 6.42 Å². The minimum atomic E-state index is 1.09. The molecule has 0 spiro atoms. The zero-order valence-corrected chi connectivity index (χ0v) is 14.6. The molecule has 25 heavy (non-hydrogen) atoms. The molecule has 4 aromatic rings. The smallest absolute Gasteiger partial charge is 0.00577 e. The molecule has 5 rings (SSSR count). The Bertz CT molecular complexity index is 1180. The van der Waals surface area contributed by atoms with Crippen LogP contribution < -0.4 is 0 Å². The predicted octanol–water partition coefficient (Wildman–Crippen LogP) is 6.93. The summed E-state index contributed by atoms with van der Waals surface area (Å²) in [4.78, 5) is 0. The Labute approximate surface area is 148 Å². The van der Waals surface area contributed by atoms with Gasteiger partial charge >= 0.3 is 0 Å². The van der Waals surface area contributed by atoms with E-state index in [1.807, 2.05) is 0 Å². The van der Waals surface area contributed by atoms with Crippen LogP contribution in [0.5, 0.6) is 0 Å². The van der Waals surface area contributed by atoms with Gasteiger partial charge in [0.25, 0.3) is 0 Å². The van der Waals surface area contributed by atoms with Crippen LogP contribution in [0.25, 0.3) is 38.7 Å². The first-order valence-electron chi connectivity index (χ1n) is 8.93. The second-order valence-electron chi connectivity index (χ2n) is 7.18. The SMILES string of the molecule is CC1=Cc2c(-c3cccc4c3ccc3ccccc34)ccc(C)c2C1. The fraction of sp³-hybridized carbons (Fsp3) is 0.120. The van der Waals surface area contributed by atoms with Gasteiger partial charge in [-0.3, -0.25) is 0 Å². The van der Waals surface area contributed by atoms with Gasteiger partial charge in [0.1, 0.15) is 0 Å². The van der Waals surface area contributed by atoms with Gasteiger partial charge in [0.2, 0.25) is 0 Å². The van der Waals surface area contributed by atoms with Crippen molar-refractivity contribution in [3.05, 3.63) is 89.0 Å². The second-order valence-corrected chi connectivity index (χ2v) is 7.18. The van der Waals surface area contributed by atoms with Crippen molar-refractivity contribution in [2.75, 3.05) is 0 Å². The van der Waals surface area contributed by atoms with Crippen molar-refractivity contribution in [3.8, 4) is 11.1 Å². The van der Waals surface area contributed by atoms with Crippen molar-refractivity contribution >= 4 is 27.6 Å². The minimum absolute atomic E-state index is 1.09. The van der Waals surface area contributed by atoms with Crippen molar-refractivity contribution in [3.63, 3.8) is 0 Å². The van der Waals surface area contributed by atoms with Crippen molar-refractivity contribution in [1.82, 2.24) is 0 Å². The highest BCUT2D eigenvalue weighted by molar-refractivity contribution is 6.12. The van der Waals surface area contributed by atoms with Crippen LogP contribution in [0.4, 0.5) is 0 Å². The van der Waals surface area contributed by atoms with E-state index in [1.54, 1.807) is 0 Å². The third kappa shape index (κ3) is 2.14. The molecule has 0 unspecified atom stereocenters. The molecule has 0 heterocycles. The van der Waals surface area contributed by atoms with Crippen LogP contribution in [-0.4, -0.2) is 0 Å². The van der Waals surface area contributed by atoms with Gasteiger partial charge in [0, 0.05) is 0 Å². The molecule has 0 bridgehead atoms. The Balaban J connectivity index is 1.86. The summed E-state index contributed by atoms with van der Waals surface area (Å²) in [7, 11) is 0. The summed E-state index contributed by atoms with van der Waals surface area (Å²) in [6, 6.07) is 24.5. The Kier molecular flexibility index (Phi) is 3.08. The van der Waals surface area contributed by atoms with E-state index in [1.165, 1.54) is 54.9 Å². The standard InChI is InChI=1S/C25H20/c1-16-14-24-17(2)10-12-23(25(24)15-16)21-9-5-8-20-19-7-4-3-6-18(19)11-13-22(20)21/h3-13,15H,14H2,1-2H3. The van der Waals surface area contributed by atoms with E-state index in [4.69, 9.17) is 0 Å². The van der Waals surface area contributed by atoms with Gasteiger partial charge in [-0.25, -0.2) is 0 Å². The maximum atomic E-state index is 2.37. The number of hydrogen-bond donors (Lipinski definition) is 0. The van der Waals surface area contributed by atoms with Crippen LogP contribution in [0.3, 0.4) is 0 Å². The largest absolute Gasteiger partial charge is 0.0683 e. The second kappa shape index (κ2) is 5.32. The van der Waals surface area contributed by atoms with E-state index in [-0.39, 0.29) is 0 Å². The van der Waals surface area contributed by atoms with Gasteiger partial charge in [-0.15, -0.1) is 0 Å². The topological polar surface area (TPSA) is 0 Å². The highest BCUT2D eigenvalue weighted by atomic mass is 14.2. The fourth-order valence-electron chi connectivity index (χ4n) is 4.26. The maximum Gasteiger partial charge on any atom is -0.00577 e. The lowest BCUT2D eigenvalue weighted by Gasteiger charge is -2.14. The van der Waals surface area contributed by atoms with Crippen LogP contribution in [0.15, 0.2) is 72.3 Å². The first kappa shape index (κ1) is 14.5. The minimum Gasteiger partial charge on any atom is -0.0683 e. The van der Waals surface area contributed by atoms with E-state index < -0.39 is 0 Å². The Morgan fingerprint density at radius 2 is 1.48 bits per heavy atom. The van der Waals surface area contributed by atoms with Gasteiger partial charge in [-0.1, -0.05) is 78.4 Å². The summed E-state index contributed by atoms with van der Waals surface area (Å²) in [5.41, 5.74) is 8.46. The summed E-state index contributed by atoms with van der Waals surface area (Å²) in [5, 5.41) is 5.31. The quantitative estimate of drug-likeness (QED) is 0.334. The van der Waals surface area contributed by atoms with Crippen molar-refractivity contribution < 1.29 is 0 Å². The van der Waals surface area contributed by atoms with Gasteiger partial charge in [0.05, 0.1) is 0 Å². The molecule has 0 aliphatic heterocycles. The molecule has 0 radical (unpaired) electrons. The van der Waals surface area contributed by atoms with Crippen LogP contribution in [0.1, 0.15) is 23.6 Å². The molecule has 0 aromatic heterocycles. The van der Waals surface area contributed by atoms with E-state index in [0.29, 0.717) is 0 Å². The molecular formula is C25H20. The summed E-state index contributed by atoms with van der Waals surface area (Å²) in [6.45, 7) is 4.46. The lowest BCUT2D eigenvalue weighted by atomic mass is 9.90. The van der Waals surface area contributed by atoms with Crippen molar-refractivity contribution in [2.45, 2.75) is 20.3 Å². The Morgan fingerprint density at radius 3 is 2.40 bits per heavy atom. The molecule has 1 aliphatic carbocycles. The zero-order valence-electron chi connectivity index (χ0n) is 14.6. The van der Waals surface area contributed by atoms with Crippen molar-refractivity contribution in [1.29, 1.82) is 0 Å². The highest BCUT2D eigenvalue weighted by Gasteiger charge is 2.18. The summed E-state index contributed by atoms with van der Waals surface area (Å²) >= 11 is 0. The first-order valence-corrected chi connectivity index (χ1v) is 8.93. The summed E-state index contributed by atoms with van der Waals surface area (Å²) < 4.78 is 0. The maximum absolute atomic E-state index is 2.37. The molecule has 4 aromatic carbocycles. The summed E-state index contributed by atoms with van der Waals surface area (Å²) in [5.74, 6) is 0. The fourth-order valence-corrected chi connectivity index (χ4v) is 4.26. The number of benzene rings is 4. The molecule has 0 nitrogen and oxygen atoms in total. The number of rotatable bonds is 1. The molecule has 0 saturated heterocycles. The highest BCUT2D eigenvalue weighted by Crippen LogP contribution is 2.39. The lowest BCUT2D eigenvalue weighted by molar-refractivity contribution is 1.16. The van der Waals surface area contributed by atoms with Gasteiger partial charge in [-0.05, 0) is 69.6 Å². The molecule has 0 fully saturated rings.